The second-order valence-corrected chi connectivity index (χ2v) is 7.80. The maximum absolute atomic E-state index is 12.4. The van der Waals surface area contributed by atoms with Gasteiger partial charge in [-0.25, -0.2) is 13.1 Å². The summed E-state index contributed by atoms with van der Waals surface area (Å²) < 4.78 is 27.6. The van der Waals surface area contributed by atoms with E-state index in [9.17, 15) is 8.42 Å². The first-order chi connectivity index (χ1) is 9.31. The van der Waals surface area contributed by atoms with Gasteiger partial charge in [0.05, 0.1) is 10.0 Å². The van der Waals surface area contributed by atoms with Crippen molar-refractivity contribution in [2.75, 3.05) is 13.1 Å². The lowest BCUT2D eigenvalue weighted by Crippen LogP contribution is -2.50. The quantitative estimate of drug-likeness (QED) is 0.827. The number of halogens is 4. The van der Waals surface area contributed by atoms with Crippen molar-refractivity contribution < 1.29 is 8.42 Å². The first-order valence-corrected chi connectivity index (χ1v) is 8.80. The second kappa shape index (κ2) is 7.68. The van der Waals surface area contributed by atoms with Crippen molar-refractivity contribution in [2.24, 2.45) is 5.92 Å². The average Bonchev–Trinajstić information content (AvgIpc) is 2.30. The molecular weight excluding hydrogens is 378 g/mol. The van der Waals surface area contributed by atoms with Crippen LogP contribution in [0.1, 0.15) is 13.3 Å². The Hall–Kier alpha value is 0.250. The van der Waals surface area contributed by atoms with Gasteiger partial charge in [-0.2, -0.15) is 0 Å². The molecule has 0 spiro atoms. The molecule has 1 fully saturated rings. The average molecular weight is 394 g/mol. The van der Waals surface area contributed by atoms with E-state index in [-0.39, 0.29) is 39.3 Å². The molecule has 4 nitrogen and oxygen atoms in total. The zero-order valence-corrected chi connectivity index (χ0v) is 15.1. The van der Waals surface area contributed by atoms with Crippen LogP contribution in [0.4, 0.5) is 0 Å². The molecule has 1 aromatic carbocycles. The highest BCUT2D eigenvalue weighted by Crippen LogP contribution is 2.33. The topological polar surface area (TPSA) is 58.2 Å². The molecular formula is C12H16Cl4N2O2S. The molecule has 1 aliphatic heterocycles. The van der Waals surface area contributed by atoms with E-state index in [1.165, 1.54) is 12.1 Å². The Kier molecular flexibility index (Phi) is 7.06. The monoisotopic (exact) mass is 392 g/mol. The predicted molar refractivity (Wildman–Crippen MR) is 89.5 cm³/mol. The van der Waals surface area contributed by atoms with Crippen molar-refractivity contribution in [3.05, 3.63) is 27.2 Å². The molecule has 1 heterocycles. The summed E-state index contributed by atoms with van der Waals surface area (Å²) >= 11 is 17.7. The van der Waals surface area contributed by atoms with Crippen molar-refractivity contribution in [1.82, 2.24) is 10.0 Å². The SMILES string of the molecule is CC1CCNCC1NS(=O)(=O)c1c(Cl)cc(Cl)cc1Cl.Cl. The largest absolute Gasteiger partial charge is 0.315 e. The Balaban J connectivity index is 0.00000220. The van der Waals surface area contributed by atoms with Crippen LogP contribution < -0.4 is 10.0 Å². The summed E-state index contributed by atoms with van der Waals surface area (Å²) in [6, 6.07) is 2.55. The smallest absolute Gasteiger partial charge is 0.243 e. The predicted octanol–water partition coefficient (Wildman–Crippen LogP) is 3.34. The zero-order chi connectivity index (χ0) is 14.9. The van der Waals surface area contributed by atoms with Crippen LogP contribution in [0.2, 0.25) is 15.1 Å². The van der Waals surface area contributed by atoms with Crippen LogP contribution in [0, 0.1) is 5.92 Å². The molecule has 1 saturated heterocycles. The molecule has 0 saturated carbocycles. The summed E-state index contributed by atoms with van der Waals surface area (Å²) in [6.07, 6.45) is 0.912. The van der Waals surface area contributed by atoms with Crippen LogP contribution in [-0.2, 0) is 10.0 Å². The van der Waals surface area contributed by atoms with Crippen molar-refractivity contribution in [3.8, 4) is 0 Å². The lowest BCUT2D eigenvalue weighted by atomic mass is 9.96. The van der Waals surface area contributed by atoms with E-state index >= 15 is 0 Å². The van der Waals surface area contributed by atoms with Crippen molar-refractivity contribution in [3.63, 3.8) is 0 Å². The molecule has 2 atom stereocenters. The van der Waals surface area contributed by atoms with Gasteiger partial charge in [0.1, 0.15) is 4.90 Å². The molecule has 0 aliphatic carbocycles. The standard InChI is InChI=1S/C12H15Cl3N2O2S.ClH/c1-7-2-3-16-6-11(7)17-20(18,19)12-9(14)4-8(13)5-10(12)15;/h4-5,7,11,16-17H,2-3,6H2,1H3;1H. The zero-order valence-electron chi connectivity index (χ0n) is 11.2. The van der Waals surface area contributed by atoms with Gasteiger partial charge in [-0.1, -0.05) is 41.7 Å². The van der Waals surface area contributed by atoms with Gasteiger partial charge in [0.25, 0.3) is 0 Å². The third kappa shape index (κ3) is 4.61. The maximum atomic E-state index is 12.4. The molecule has 120 valence electrons. The fourth-order valence-electron chi connectivity index (χ4n) is 2.19. The molecule has 0 bridgehead atoms. The lowest BCUT2D eigenvalue weighted by Gasteiger charge is -2.30. The van der Waals surface area contributed by atoms with E-state index in [0.717, 1.165) is 13.0 Å². The summed E-state index contributed by atoms with van der Waals surface area (Å²) in [7, 11) is -3.78. The third-order valence-corrected chi connectivity index (χ3v) is 5.99. The highest BCUT2D eigenvalue weighted by atomic mass is 35.5. The Bertz CT molecular complexity index is 586. The van der Waals surface area contributed by atoms with E-state index in [2.05, 4.69) is 10.0 Å². The number of benzene rings is 1. The molecule has 0 radical (unpaired) electrons. The molecule has 0 amide bonds. The summed E-state index contributed by atoms with van der Waals surface area (Å²) in [5.74, 6) is 0.246. The van der Waals surface area contributed by atoms with Crippen molar-refractivity contribution >= 4 is 57.2 Å². The minimum Gasteiger partial charge on any atom is -0.315 e. The number of nitrogens with one attached hydrogen (secondary N) is 2. The number of sulfonamides is 1. The van der Waals surface area contributed by atoms with Crippen molar-refractivity contribution in [2.45, 2.75) is 24.3 Å². The third-order valence-electron chi connectivity index (χ3n) is 3.37. The number of hydrogen-bond acceptors (Lipinski definition) is 3. The van der Waals surface area contributed by atoms with E-state index in [1.54, 1.807) is 0 Å². The van der Waals surface area contributed by atoms with Gasteiger partial charge >= 0.3 is 0 Å². The normalized spacial score (nSPS) is 22.7. The number of rotatable bonds is 3. The van der Waals surface area contributed by atoms with Gasteiger partial charge in [0.15, 0.2) is 0 Å². The Morgan fingerprint density at radius 3 is 2.33 bits per heavy atom. The number of piperidine rings is 1. The highest BCUT2D eigenvalue weighted by molar-refractivity contribution is 7.89. The van der Waals surface area contributed by atoms with Crippen LogP contribution >= 0.6 is 47.2 Å². The molecule has 2 unspecified atom stereocenters. The molecule has 1 aromatic rings. The first kappa shape index (κ1) is 19.3. The molecule has 2 rings (SSSR count). The number of hydrogen-bond donors (Lipinski definition) is 2. The Morgan fingerprint density at radius 2 is 1.81 bits per heavy atom. The van der Waals surface area contributed by atoms with Crippen LogP contribution in [0.15, 0.2) is 17.0 Å². The van der Waals surface area contributed by atoms with E-state index in [4.69, 9.17) is 34.8 Å². The fourth-order valence-corrected chi connectivity index (χ4v) is 5.08. The minimum absolute atomic E-state index is 0. The molecule has 21 heavy (non-hydrogen) atoms. The molecule has 0 aromatic heterocycles. The summed E-state index contributed by atoms with van der Waals surface area (Å²) in [4.78, 5) is -0.122. The summed E-state index contributed by atoms with van der Waals surface area (Å²) in [5, 5.41) is 3.50. The molecule has 1 aliphatic rings. The van der Waals surface area contributed by atoms with Gasteiger partial charge in [0.2, 0.25) is 10.0 Å². The highest BCUT2D eigenvalue weighted by Gasteiger charge is 2.29. The Morgan fingerprint density at radius 1 is 1.24 bits per heavy atom. The van der Waals surface area contributed by atoms with Gasteiger partial charge in [-0.15, -0.1) is 12.4 Å². The van der Waals surface area contributed by atoms with Crippen molar-refractivity contribution in [1.29, 1.82) is 0 Å². The van der Waals surface area contributed by atoms with E-state index < -0.39 is 10.0 Å². The second-order valence-electron chi connectivity index (χ2n) is 4.90. The molecule has 9 heteroatoms. The van der Waals surface area contributed by atoms with Crippen LogP contribution in [0.3, 0.4) is 0 Å². The maximum Gasteiger partial charge on any atom is 0.243 e. The van der Waals surface area contributed by atoms with Crippen LogP contribution in [0.25, 0.3) is 0 Å². The Labute approximate surface area is 146 Å². The van der Waals surface area contributed by atoms with E-state index in [1.807, 2.05) is 6.92 Å². The molecule has 2 N–H and O–H groups in total. The van der Waals surface area contributed by atoms with Crippen LogP contribution in [-0.4, -0.2) is 27.5 Å². The summed E-state index contributed by atoms with van der Waals surface area (Å²) in [6.45, 7) is 3.49. The van der Waals surface area contributed by atoms with Crippen LogP contribution in [0.5, 0.6) is 0 Å². The lowest BCUT2D eigenvalue weighted by molar-refractivity contribution is 0.327. The van der Waals surface area contributed by atoms with Gasteiger partial charge < -0.3 is 5.32 Å². The summed E-state index contributed by atoms with van der Waals surface area (Å²) in [5.41, 5.74) is 0. The van der Waals surface area contributed by atoms with Gasteiger partial charge in [0, 0.05) is 17.6 Å². The van der Waals surface area contributed by atoms with E-state index in [0.29, 0.717) is 11.6 Å². The van der Waals surface area contributed by atoms with Gasteiger partial charge in [-0.05, 0) is 31.0 Å². The minimum atomic E-state index is -3.78. The first-order valence-electron chi connectivity index (χ1n) is 6.19. The fraction of sp³-hybridized carbons (Fsp3) is 0.500. The van der Waals surface area contributed by atoms with Gasteiger partial charge in [-0.3, -0.25) is 0 Å².